The molecule has 7 nitrogen and oxygen atoms in total. The first-order valence-electron chi connectivity index (χ1n) is 10.5. The lowest BCUT2D eigenvalue weighted by Gasteiger charge is -2.24. The molecule has 0 fully saturated rings. The van der Waals surface area contributed by atoms with Gasteiger partial charge in [0, 0.05) is 35.6 Å². The van der Waals surface area contributed by atoms with E-state index in [-0.39, 0.29) is 0 Å². The molecule has 2 heterocycles. The van der Waals surface area contributed by atoms with Crippen LogP contribution in [0.25, 0.3) is 11.1 Å². The minimum absolute atomic E-state index is 0.463. The number of nitrogens with zero attached hydrogens (tertiary/aromatic N) is 6. The van der Waals surface area contributed by atoms with Crippen molar-refractivity contribution in [3.8, 4) is 6.07 Å². The highest BCUT2D eigenvalue weighted by molar-refractivity contribution is 6.30. The summed E-state index contributed by atoms with van der Waals surface area (Å²) in [4.78, 5) is 16.5. The second-order valence-electron chi connectivity index (χ2n) is 7.66. The number of hydrogen-bond acceptors (Lipinski definition) is 6. The Morgan fingerprint density at radius 3 is 2.32 bits per heavy atom. The highest BCUT2D eigenvalue weighted by Crippen LogP contribution is 2.31. The summed E-state index contributed by atoms with van der Waals surface area (Å²) in [6.07, 6.45) is 4.12. The van der Waals surface area contributed by atoms with Crippen molar-refractivity contribution < 1.29 is 4.79 Å². The number of hydrogen-bond donors (Lipinski definition) is 0. The second-order valence-corrected chi connectivity index (χ2v) is 8.09. The quantitative estimate of drug-likeness (QED) is 0.294. The Bertz CT molecular complexity index is 1370. The maximum Gasteiger partial charge on any atom is 0.184 e. The third-order valence-electron chi connectivity index (χ3n) is 5.37. The van der Waals surface area contributed by atoms with Crippen LogP contribution in [0.2, 0.25) is 5.02 Å². The maximum atomic E-state index is 12.4. The van der Waals surface area contributed by atoms with Gasteiger partial charge in [-0.1, -0.05) is 35.9 Å². The Labute approximate surface area is 202 Å². The number of halogens is 1. The third-order valence-corrected chi connectivity index (χ3v) is 5.62. The lowest BCUT2D eigenvalue weighted by Crippen LogP contribution is -2.32. The number of carbonyl (C=O) groups excluding carboxylic acids is 1. The second kappa shape index (κ2) is 10.1. The van der Waals surface area contributed by atoms with Gasteiger partial charge in [-0.3, -0.25) is 9.78 Å². The van der Waals surface area contributed by atoms with E-state index in [0.29, 0.717) is 39.9 Å². The van der Waals surface area contributed by atoms with Crippen molar-refractivity contribution in [3.05, 3.63) is 112 Å². The van der Waals surface area contributed by atoms with Crippen molar-refractivity contribution in [2.75, 3.05) is 12.1 Å². The van der Waals surface area contributed by atoms with E-state index in [1.807, 2.05) is 47.9 Å². The SMILES string of the molecule is Cc1nnc(/C(=C(\C=O)c2ccncc2)c2ccc(Cl)cc2)n1N(C)Cc1ccc(C#N)cc1. The zero-order valence-electron chi connectivity index (χ0n) is 18.7. The summed E-state index contributed by atoms with van der Waals surface area (Å²) in [7, 11) is 1.92. The van der Waals surface area contributed by atoms with Crippen LogP contribution < -0.4 is 5.01 Å². The van der Waals surface area contributed by atoms with Crippen LogP contribution in [0.5, 0.6) is 0 Å². The predicted octanol–water partition coefficient (Wildman–Crippen LogP) is 4.43. The number of pyridine rings is 1. The van der Waals surface area contributed by atoms with Crippen molar-refractivity contribution in [3.63, 3.8) is 0 Å². The number of carbonyl (C=O) groups is 1. The number of nitriles is 1. The minimum atomic E-state index is 0.463. The molecular weight excluding hydrogens is 448 g/mol. The number of benzene rings is 2. The van der Waals surface area contributed by atoms with E-state index in [1.54, 1.807) is 48.8 Å². The first-order chi connectivity index (χ1) is 16.5. The summed E-state index contributed by atoms with van der Waals surface area (Å²) in [5, 5.41) is 20.4. The molecule has 34 heavy (non-hydrogen) atoms. The Morgan fingerprint density at radius 2 is 1.71 bits per heavy atom. The molecule has 168 valence electrons. The highest BCUT2D eigenvalue weighted by Gasteiger charge is 2.22. The standard InChI is InChI=1S/C26H21ClN6O/c1-18-30-31-26(33(18)32(2)16-20-5-3-19(15-28)4-6-20)25(22-7-9-23(27)10-8-22)24(17-34)21-11-13-29-14-12-21/h3-14,17H,16H2,1-2H3/b25-24+. The number of allylic oxidation sites excluding steroid dienone is 1. The van der Waals surface area contributed by atoms with Crippen LogP contribution in [-0.4, -0.2) is 33.2 Å². The molecule has 0 saturated carbocycles. The van der Waals surface area contributed by atoms with Crippen LogP contribution in [0.4, 0.5) is 0 Å². The van der Waals surface area contributed by atoms with Crippen molar-refractivity contribution >= 4 is 29.0 Å². The van der Waals surface area contributed by atoms with Crippen molar-refractivity contribution in [1.82, 2.24) is 19.9 Å². The Morgan fingerprint density at radius 1 is 1.03 bits per heavy atom. The summed E-state index contributed by atoms with van der Waals surface area (Å²) >= 11 is 6.14. The van der Waals surface area contributed by atoms with Crippen LogP contribution in [0.1, 0.15) is 33.9 Å². The van der Waals surface area contributed by atoms with Gasteiger partial charge in [0.05, 0.1) is 18.2 Å². The molecular formula is C26H21ClN6O. The molecule has 8 heteroatoms. The fourth-order valence-electron chi connectivity index (χ4n) is 3.77. The van der Waals surface area contributed by atoms with Crippen LogP contribution in [0.3, 0.4) is 0 Å². The molecule has 0 radical (unpaired) electrons. The molecule has 0 aliphatic carbocycles. The van der Waals surface area contributed by atoms with E-state index in [4.69, 9.17) is 16.9 Å². The molecule has 0 N–H and O–H groups in total. The first kappa shape index (κ1) is 22.9. The van der Waals surface area contributed by atoms with Gasteiger partial charge in [0.25, 0.3) is 0 Å². The molecule has 2 aromatic carbocycles. The van der Waals surface area contributed by atoms with E-state index in [0.717, 1.165) is 23.0 Å². The molecule has 0 atom stereocenters. The predicted molar refractivity (Wildman–Crippen MR) is 131 cm³/mol. The average molecular weight is 469 g/mol. The first-order valence-corrected chi connectivity index (χ1v) is 10.9. The fourth-order valence-corrected chi connectivity index (χ4v) is 3.89. The van der Waals surface area contributed by atoms with E-state index in [2.05, 4.69) is 21.3 Å². The van der Waals surface area contributed by atoms with Gasteiger partial charge in [-0.2, -0.15) is 5.26 Å². The summed E-state index contributed by atoms with van der Waals surface area (Å²) in [6.45, 7) is 2.40. The summed E-state index contributed by atoms with van der Waals surface area (Å²) in [5.41, 5.74) is 4.21. The van der Waals surface area contributed by atoms with Crippen LogP contribution in [-0.2, 0) is 11.3 Å². The van der Waals surface area contributed by atoms with Gasteiger partial charge in [-0.25, -0.2) is 4.68 Å². The molecule has 0 bridgehead atoms. The Hall–Kier alpha value is -4.28. The van der Waals surface area contributed by atoms with E-state index in [9.17, 15) is 4.79 Å². The summed E-state index contributed by atoms with van der Waals surface area (Å²) < 4.78 is 1.88. The van der Waals surface area contributed by atoms with Crippen molar-refractivity contribution in [2.45, 2.75) is 13.5 Å². The molecule has 0 aliphatic rings. The van der Waals surface area contributed by atoms with Crippen molar-refractivity contribution in [2.24, 2.45) is 0 Å². The zero-order chi connectivity index (χ0) is 24.1. The number of aryl methyl sites for hydroxylation is 1. The van der Waals surface area contributed by atoms with E-state index >= 15 is 0 Å². The Kier molecular flexibility index (Phi) is 6.81. The molecule has 4 aromatic rings. The van der Waals surface area contributed by atoms with Crippen LogP contribution in [0, 0.1) is 18.3 Å². The lowest BCUT2D eigenvalue weighted by molar-refractivity contribution is -0.103. The molecule has 0 aliphatic heterocycles. The normalized spacial score (nSPS) is 11.5. The summed E-state index contributed by atoms with van der Waals surface area (Å²) in [6, 6.07) is 20.4. The van der Waals surface area contributed by atoms with Crippen LogP contribution >= 0.6 is 11.6 Å². The Balaban J connectivity index is 1.86. The van der Waals surface area contributed by atoms with E-state index < -0.39 is 0 Å². The molecule has 0 amide bonds. The van der Waals surface area contributed by atoms with Gasteiger partial charge < -0.3 is 5.01 Å². The van der Waals surface area contributed by atoms with Gasteiger partial charge in [-0.15, -0.1) is 10.2 Å². The minimum Gasteiger partial charge on any atom is -0.308 e. The van der Waals surface area contributed by atoms with Gasteiger partial charge in [0.2, 0.25) is 0 Å². The van der Waals surface area contributed by atoms with Gasteiger partial charge in [-0.05, 0) is 60.0 Å². The molecule has 2 aromatic heterocycles. The largest absolute Gasteiger partial charge is 0.308 e. The highest BCUT2D eigenvalue weighted by atomic mass is 35.5. The maximum absolute atomic E-state index is 12.4. The van der Waals surface area contributed by atoms with E-state index in [1.165, 1.54) is 0 Å². The van der Waals surface area contributed by atoms with Gasteiger partial charge >= 0.3 is 0 Å². The smallest absolute Gasteiger partial charge is 0.184 e. The molecule has 0 unspecified atom stereocenters. The zero-order valence-corrected chi connectivity index (χ0v) is 19.4. The molecule has 4 rings (SSSR count). The fraction of sp³-hybridized carbons (Fsp3) is 0.115. The van der Waals surface area contributed by atoms with Gasteiger partial charge in [0.1, 0.15) is 5.82 Å². The lowest BCUT2D eigenvalue weighted by atomic mass is 9.95. The van der Waals surface area contributed by atoms with Crippen molar-refractivity contribution in [1.29, 1.82) is 5.26 Å². The van der Waals surface area contributed by atoms with Gasteiger partial charge in [0.15, 0.2) is 12.1 Å². The van der Waals surface area contributed by atoms with Crippen LogP contribution in [0.15, 0.2) is 73.1 Å². The number of rotatable bonds is 7. The molecule has 0 spiro atoms. The average Bonchev–Trinajstić information content (AvgIpc) is 3.25. The summed E-state index contributed by atoms with van der Waals surface area (Å²) in [5.74, 6) is 1.19. The number of aromatic nitrogens is 4. The monoisotopic (exact) mass is 468 g/mol. The number of aldehydes is 1. The third kappa shape index (κ3) is 4.72. The molecule has 0 saturated heterocycles. The topological polar surface area (TPSA) is 87.7 Å².